The van der Waals surface area contributed by atoms with Crippen molar-refractivity contribution in [3.05, 3.63) is 36.7 Å². The zero-order valence-electron chi connectivity index (χ0n) is 11.6. The highest BCUT2D eigenvalue weighted by Gasteiger charge is 2.18. The molecular formula is C14H20N4O. The van der Waals surface area contributed by atoms with Crippen molar-refractivity contribution in [2.75, 3.05) is 20.2 Å². The van der Waals surface area contributed by atoms with Gasteiger partial charge in [-0.2, -0.15) is 4.98 Å². The molecule has 0 saturated carbocycles. The summed E-state index contributed by atoms with van der Waals surface area (Å²) in [6.07, 6.45) is 1.66. The van der Waals surface area contributed by atoms with Crippen molar-refractivity contribution in [3.8, 4) is 11.7 Å². The molecule has 5 heteroatoms. The van der Waals surface area contributed by atoms with Gasteiger partial charge >= 0.3 is 6.01 Å². The first kappa shape index (κ1) is 13.5. The normalized spacial score (nSPS) is 11.5. The van der Waals surface area contributed by atoms with Gasteiger partial charge in [0.25, 0.3) is 0 Å². The predicted molar refractivity (Wildman–Crippen MR) is 74.6 cm³/mol. The van der Waals surface area contributed by atoms with E-state index in [4.69, 9.17) is 4.74 Å². The lowest BCUT2D eigenvalue weighted by Gasteiger charge is -2.22. The molecule has 1 heterocycles. The van der Waals surface area contributed by atoms with Crippen LogP contribution in [0, 0.1) is 5.41 Å². The third kappa shape index (κ3) is 3.79. The number of para-hydroxylation sites is 1. The Morgan fingerprint density at radius 2 is 2.00 bits per heavy atom. The van der Waals surface area contributed by atoms with Crippen molar-refractivity contribution in [1.29, 1.82) is 0 Å². The fourth-order valence-corrected chi connectivity index (χ4v) is 1.81. The molecule has 0 fully saturated rings. The van der Waals surface area contributed by atoms with Crippen LogP contribution in [0.25, 0.3) is 5.69 Å². The number of benzene rings is 1. The maximum Gasteiger partial charge on any atom is 0.335 e. The van der Waals surface area contributed by atoms with Crippen LogP contribution in [0.2, 0.25) is 0 Å². The molecule has 0 amide bonds. The van der Waals surface area contributed by atoms with E-state index in [1.54, 1.807) is 11.0 Å². The van der Waals surface area contributed by atoms with E-state index in [-0.39, 0.29) is 5.41 Å². The highest BCUT2D eigenvalue weighted by atomic mass is 16.5. The Bertz CT molecular complexity index is 507. The molecule has 2 aromatic rings. The number of aromatic nitrogens is 3. The Kier molecular flexibility index (Phi) is 4.16. The van der Waals surface area contributed by atoms with E-state index < -0.39 is 0 Å². The molecule has 0 unspecified atom stereocenters. The van der Waals surface area contributed by atoms with E-state index in [0.717, 1.165) is 12.2 Å². The maximum atomic E-state index is 5.64. The van der Waals surface area contributed by atoms with Crippen molar-refractivity contribution < 1.29 is 4.74 Å². The van der Waals surface area contributed by atoms with Gasteiger partial charge < -0.3 is 10.1 Å². The van der Waals surface area contributed by atoms with Gasteiger partial charge in [-0.15, -0.1) is 5.10 Å². The van der Waals surface area contributed by atoms with E-state index in [9.17, 15) is 0 Å². The highest BCUT2D eigenvalue weighted by molar-refractivity contribution is 5.29. The summed E-state index contributed by atoms with van der Waals surface area (Å²) in [7, 11) is 1.93. The second-order valence-electron chi connectivity index (χ2n) is 5.29. The average molecular weight is 260 g/mol. The number of nitrogens with zero attached hydrogens (tertiary/aromatic N) is 3. The summed E-state index contributed by atoms with van der Waals surface area (Å²) in [6, 6.07) is 10.3. The molecule has 1 aromatic carbocycles. The minimum Gasteiger partial charge on any atom is -0.462 e. The summed E-state index contributed by atoms with van der Waals surface area (Å²) in [5.74, 6) is 0. The highest BCUT2D eigenvalue weighted by Crippen LogP contribution is 2.15. The van der Waals surface area contributed by atoms with Crippen LogP contribution in [0.3, 0.4) is 0 Å². The zero-order valence-corrected chi connectivity index (χ0v) is 11.6. The monoisotopic (exact) mass is 260 g/mol. The summed E-state index contributed by atoms with van der Waals surface area (Å²) < 4.78 is 7.35. The van der Waals surface area contributed by atoms with Crippen molar-refractivity contribution in [3.63, 3.8) is 0 Å². The zero-order chi connectivity index (χ0) is 13.7. The van der Waals surface area contributed by atoms with E-state index in [2.05, 4.69) is 29.2 Å². The van der Waals surface area contributed by atoms with Crippen molar-refractivity contribution in [2.45, 2.75) is 13.8 Å². The number of rotatable bonds is 6. The SMILES string of the molecule is CNCC(C)(C)COc1ncn(-c2ccccc2)n1. The van der Waals surface area contributed by atoms with Crippen LogP contribution < -0.4 is 10.1 Å². The Morgan fingerprint density at radius 3 is 2.68 bits per heavy atom. The van der Waals surface area contributed by atoms with E-state index in [0.29, 0.717) is 12.6 Å². The van der Waals surface area contributed by atoms with Crippen LogP contribution in [0.15, 0.2) is 36.7 Å². The van der Waals surface area contributed by atoms with Crippen LogP contribution in [-0.2, 0) is 0 Å². The molecule has 0 spiro atoms. The largest absolute Gasteiger partial charge is 0.462 e. The van der Waals surface area contributed by atoms with E-state index >= 15 is 0 Å². The lowest BCUT2D eigenvalue weighted by molar-refractivity contribution is 0.167. The molecule has 0 aliphatic carbocycles. The van der Waals surface area contributed by atoms with Gasteiger partial charge in [0, 0.05) is 12.0 Å². The molecule has 0 atom stereocenters. The van der Waals surface area contributed by atoms with Crippen LogP contribution in [0.1, 0.15) is 13.8 Å². The van der Waals surface area contributed by atoms with Crippen LogP contribution in [0.4, 0.5) is 0 Å². The molecular weight excluding hydrogens is 240 g/mol. The quantitative estimate of drug-likeness (QED) is 0.861. The Balaban J connectivity index is 1.99. The van der Waals surface area contributed by atoms with Gasteiger partial charge in [-0.3, -0.25) is 0 Å². The number of hydrogen-bond acceptors (Lipinski definition) is 4. The number of hydrogen-bond donors (Lipinski definition) is 1. The van der Waals surface area contributed by atoms with Gasteiger partial charge in [0.05, 0.1) is 12.3 Å². The van der Waals surface area contributed by atoms with Crippen LogP contribution >= 0.6 is 0 Å². The second kappa shape index (κ2) is 5.84. The first-order valence-electron chi connectivity index (χ1n) is 6.35. The fraction of sp³-hybridized carbons (Fsp3) is 0.429. The van der Waals surface area contributed by atoms with Crippen molar-refractivity contribution in [2.24, 2.45) is 5.41 Å². The molecule has 102 valence electrons. The first-order chi connectivity index (χ1) is 9.11. The first-order valence-corrected chi connectivity index (χ1v) is 6.35. The second-order valence-corrected chi connectivity index (χ2v) is 5.29. The Labute approximate surface area is 113 Å². The third-order valence-corrected chi connectivity index (χ3v) is 2.74. The Hall–Kier alpha value is -1.88. The lowest BCUT2D eigenvalue weighted by Crippen LogP contribution is -2.32. The molecule has 0 bridgehead atoms. The molecule has 0 radical (unpaired) electrons. The summed E-state index contributed by atoms with van der Waals surface area (Å²) >= 11 is 0. The number of nitrogens with one attached hydrogen (secondary N) is 1. The summed E-state index contributed by atoms with van der Waals surface area (Å²) in [4.78, 5) is 4.16. The molecule has 1 N–H and O–H groups in total. The fourth-order valence-electron chi connectivity index (χ4n) is 1.81. The molecule has 19 heavy (non-hydrogen) atoms. The summed E-state index contributed by atoms with van der Waals surface area (Å²) in [6.45, 7) is 5.73. The molecule has 0 aliphatic heterocycles. The predicted octanol–water partition coefficient (Wildman–Crippen LogP) is 1.89. The molecule has 1 aromatic heterocycles. The van der Waals surface area contributed by atoms with Crippen molar-refractivity contribution in [1.82, 2.24) is 20.1 Å². The summed E-state index contributed by atoms with van der Waals surface area (Å²) in [5.41, 5.74) is 1.02. The van der Waals surface area contributed by atoms with Gasteiger partial charge in [-0.1, -0.05) is 32.0 Å². The average Bonchev–Trinajstić information content (AvgIpc) is 2.86. The van der Waals surface area contributed by atoms with Gasteiger partial charge in [-0.05, 0) is 19.2 Å². The maximum absolute atomic E-state index is 5.64. The van der Waals surface area contributed by atoms with Gasteiger partial charge in [0.15, 0.2) is 0 Å². The molecule has 0 saturated heterocycles. The van der Waals surface area contributed by atoms with Gasteiger partial charge in [0.2, 0.25) is 0 Å². The summed E-state index contributed by atoms with van der Waals surface area (Å²) in [5, 5.41) is 7.46. The third-order valence-electron chi connectivity index (χ3n) is 2.74. The Morgan fingerprint density at radius 1 is 1.26 bits per heavy atom. The molecule has 5 nitrogen and oxygen atoms in total. The topological polar surface area (TPSA) is 52.0 Å². The van der Waals surface area contributed by atoms with E-state index in [1.807, 2.05) is 37.4 Å². The lowest BCUT2D eigenvalue weighted by atomic mass is 9.95. The molecule has 2 rings (SSSR count). The van der Waals surface area contributed by atoms with Crippen molar-refractivity contribution >= 4 is 0 Å². The minimum absolute atomic E-state index is 0.0486. The standard InChI is InChI=1S/C14H20N4O/c1-14(2,9-15-3)10-19-13-16-11-18(17-13)12-7-5-4-6-8-12/h4-8,11,15H,9-10H2,1-3H3. The minimum atomic E-state index is 0.0486. The number of ether oxygens (including phenoxy) is 1. The van der Waals surface area contributed by atoms with Crippen LogP contribution in [-0.4, -0.2) is 35.0 Å². The smallest absolute Gasteiger partial charge is 0.335 e. The van der Waals surface area contributed by atoms with Gasteiger partial charge in [-0.25, -0.2) is 4.68 Å². The van der Waals surface area contributed by atoms with Gasteiger partial charge in [0.1, 0.15) is 6.33 Å². The molecule has 0 aliphatic rings. The van der Waals surface area contributed by atoms with E-state index in [1.165, 1.54) is 0 Å². The van der Waals surface area contributed by atoms with Crippen LogP contribution in [0.5, 0.6) is 6.01 Å².